The highest BCUT2D eigenvalue weighted by Gasteiger charge is 2.23. The number of nitrogens with zero attached hydrogens (tertiary/aromatic N) is 2. The number of benzene rings is 1. The summed E-state index contributed by atoms with van der Waals surface area (Å²) in [5.74, 6) is 0.595. The molecule has 2 heterocycles. The standard InChI is InChI=1S/C21H23N3O2S2/c1-12-8-9-16(26-3)15(10-12)24-19(25)13(2)27-20-18-14-6-4-5-7-17(14)28-21(18)23-11-22-20/h8-11,13H,4-7H2,1-3H3,(H,24,25)/t13-/m0/s1. The highest BCUT2D eigenvalue weighted by atomic mass is 32.2. The second-order valence-corrected chi connectivity index (χ2v) is 9.44. The summed E-state index contributed by atoms with van der Waals surface area (Å²) in [6.07, 6.45) is 6.27. The lowest BCUT2D eigenvalue weighted by Crippen LogP contribution is -2.23. The van der Waals surface area contributed by atoms with Gasteiger partial charge in [-0.25, -0.2) is 9.97 Å². The largest absolute Gasteiger partial charge is 0.495 e. The first-order chi connectivity index (χ1) is 13.6. The Labute approximate surface area is 172 Å². The molecule has 1 N–H and O–H groups in total. The maximum Gasteiger partial charge on any atom is 0.237 e. The number of carbonyl (C=O) groups is 1. The first-order valence-electron chi connectivity index (χ1n) is 9.44. The number of carbonyl (C=O) groups excluding carboxylic acids is 1. The molecular formula is C21H23N3O2S2. The van der Waals surface area contributed by atoms with E-state index in [1.807, 2.05) is 32.0 Å². The molecule has 7 heteroatoms. The van der Waals surface area contributed by atoms with E-state index < -0.39 is 0 Å². The number of thioether (sulfide) groups is 1. The molecule has 4 rings (SSSR count). The van der Waals surface area contributed by atoms with Crippen LogP contribution in [0.4, 0.5) is 5.69 Å². The van der Waals surface area contributed by atoms with Gasteiger partial charge >= 0.3 is 0 Å². The average Bonchev–Trinajstić information content (AvgIpc) is 3.07. The molecule has 0 unspecified atom stereocenters. The molecule has 1 aliphatic rings. The molecule has 146 valence electrons. The van der Waals surface area contributed by atoms with Crippen LogP contribution in [0.1, 0.15) is 35.8 Å². The van der Waals surface area contributed by atoms with Crippen LogP contribution >= 0.6 is 23.1 Å². The number of fused-ring (bicyclic) bond motifs is 3. The van der Waals surface area contributed by atoms with Crippen LogP contribution in [0.25, 0.3) is 10.2 Å². The van der Waals surface area contributed by atoms with Crippen molar-refractivity contribution in [2.24, 2.45) is 0 Å². The van der Waals surface area contributed by atoms with Crippen molar-refractivity contribution in [3.8, 4) is 5.75 Å². The highest BCUT2D eigenvalue weighted by molar-refractivity contribution is 8.00. The molecule has 2 aromatic heterocycles. The molecule has 3 aromatic rings. The van der Waals surface area contributed by atoms with Gasteiger partial charge in [-0.1, -0.05) is 17.8 Å². The van der Waals surface area contributed by atoms with Crippen LogP contribution in [0.5, 0.6) is 5.75 Å². The number of hydrogen-bond donors (Lipinski definition) is 1. The maximum absolute atomic E-state index is 12.8. The predicted molar refractivity (Wildman–Crippen MR) is 116 cm³/mol. The normalized spacial score (nSPS) is 14.5. The van der Waals surface area contributed by atoms with E-state index >= 15 is 0 Å². The minimum absolute atomic E-state index is 0.0650. The summed E-state index contributed by atoms with van der Waals surface area (Å²) in [5.41, 5.74) is 3.15. The van der Waals surface area contributed by atoms with E-state index in [1.165, 1.54) is 35.0 Å². The van der Waals surface area contributed by atoms with Crippen molar-refractivity contribution >= 4 is 44.9 Å². The fraction of sp³-hybridized carbons (Fsp3) is 0.381. The Balaban J connectivity index is 1.57. The Morgan fingerprint density at radius 2 is 2.11 bits per heavy atom. The van der Waals surface area contributed by atoms with E-state index in [4.69, 9.17) is 4.74 Å². The van der Waals surface area contributed by atoms with Crippen LogP contribution < -0.4 is 10.1 Å². The van der Waals surface area contributed by atoms with Gasteiger partial charge in [-0.2, -0.15) is 0 Å². The second-order valence-electron chi connectivity index (χ2n) is 7.02. The third-order valence-electron chi connectivity index (χ3n) is 4.99. The van der Waals surface area contributed by atoms with E-state index in [-0.39, 0.29) is 11.2 Å². The molecule has 0 aliphatic heterocycles. The van der Waals surface area contributed by atoms with Crippen LogP contribution in [0.15, 0.2) is 29.6 Å². The van der Waals surface area contributed by atoms with Crippen molar-refractivity contribution in [2.75, 3.05) is 12.4 Å². The molecule has 1 aliphatic carbocycles. The highest BCUT2D eigenvalue weighted by Crippen LogP contribution is 2.40. The molecule has 0 spiro atoms. The first-order valence-corrected chi connectivity index (χ1v) is 11.1. The van der Waals surface area contributed by atoms with Crippen LogP contribution in [0.2, 0.25) is 0 Å². The summed E-state index contributed by atoms with van der Waals surface area (Å²) in [4.78, 5) is 24.3. The quantitative estimate of drug-likeness (QED) is 0.471. The van der Waals surface area contributed by atoms with E-state index in [2.05, 4.69) is 15.3 Å². The Morgan fingerprint density at radius 3 is 2.93 bits per heavy atom. The monoisotopic (exact) mass is 413 g/mol. The van der Waals surface area contributed by atoms with E-state index in [0.717, 1.165) is 33.6 Å². The Morgan fingerprint density at radius 1 is 1.29 bits per heavy atom. The topological polar surface area (TPSA) is 64.1 Å². The van der Waals surface area contributed by atoms with Crippen LogP contribution in [-0.2, 0) is 17.6 Å². The molecular weight excluding hydrogens is 390 g/mol. The van der Waals surface area contributed by atoms with E-state index in [0.29, 0.717) is 11.4 Å². The molecule has 28 heavy (non-hydrogen) atoms. The van der Waals surface area contributed by atoms with Gasteiger partial charge in [-0.05, 0) is 62.8 Å². The van der Waals surface area contributed by atoms with E-state index in [1.54, 1.807) is 24.8 Å². The van der Waals surface area contributed by atoms with Crippen molar-refractivity contribution < 1.29 is 9.53 Å². The molecule has 0 saturated carbocycles. The van der Waals surface area contributed by atoms with Crippen molar-refractivity contribution in [3.63, 3.8) is 0 Å². The minimum atomic E-state index is -0.289. The number of ether oxygens (including phenoxy) is 1. The molecule has 0 bridgehead atoms. The molecule has 0 radical (unpaired) electrons. The van der Waals surface area contributed by atoms with E-state index in [9.17, 15) is 4.79 Å². The van der Waals surface area contributed by atoms with Gasteiger partial charge in [0.15, 0.2) is 0 Å². The maximum atomic E-state index is 12.8. The number of aryl methyl sites for hydroxylation is 3. The van der Waals surface area contributed by atoms with Crippen LogP contribution in [0.3, 0.4) is 0 Å². The zero-order valence-electron chi connectivity index (χ0n) is 16.2. The van der Waals surface area contributed by atoms with Crippen LogP contribution in [-0.4, -0.2) is 28.2 Å². The Hall–Kier alpha value is -2.12. The van der Waals surface area contributed by atoms with Gasteiger partial charge < -0.3 is 10.1 Å². The number of aromatic nitrogens is 2. The van der Waals surface area contributed by atoms with Crippen molar-refractivity contribution in [2.45, 2.75) is 49.8 Å². The van der Waals surface area contributed by atoms with Gasteiger partial charge in [-0.15, -0.1) is 11.3 Å². The summed E-state index contributed by atoms with van der Waals surface area (Å²) < 4.78 is 5.37. The van der Waals surface area contributed by atoms with Gasteiger partial charge in [0.25, 0.3) is 0 Å². The number of anilines is 1. The zero-order valence-corrected chi connectivity index (χ0v) is 17.9. The fourth-order valence-corrected chi connectivity index (χ4v) is 5.77. The number of nitrogens with one attached hydrogen (secondary N) is 1. The molecule has 1 amide bonds. The zero-order chi connectivity index (χ0) is 19.7. The summed E-state index contributed by atoms with van der Waals surface area (Å²) in [6, 6.07) is 5.75. The molecule has 0 saturated heterocycles. The lowest BCUT2D eigenvalue weighted by molar-refractivity contribution is -0.115. The third-order valence-corrected chi connectivity index (χ3v) is 7.29. The predicted octanol–water partition coefficient (Wildman–Crippen LogP) is 5.01. The summed E-state index contributed by atoms with van der Waals surface area (Å²) in [5, 5.41) is 4.77. The van der Waals surface area contributed by atoms with Gasteiger partial charge in [0.1, 0.15) is 21.9 Å². The van der Waals surface area contributed by atoms with Gasteiger partial charge in [0, 0.05) is 10.3 Å². The first kappa shape index (κ1) is 19.2. The number of thiophene rings is 1. The Bertz CT molecular complexity index is 1030. The molecule has 1 aromatic carbocycles. The molecule has 5 nitrogen and oxygen atoms in total. The summed E-state index contributed by atoms with van der Waals surface area (Å²) in [6.45, 7) is 3.90. The molecule has 1 atom stereocenters. The van der Waals surface area contributed by atoms with Crippen LogP contribution in [0, 0.1) is 6.92 Å². The molecule has 0 fully saturated rings. The van der Waals surface area contributed by atoms with Gasteiger partial charge in [-0.3, -0.25) is 4.79 Å². The third kappa shape index (κ3) is 3.73. The van der Waals surface area contributed by atoms with Crippen molar-refractivity contribution in [3.05, 3.63) is 40.5 Å². The lowest BCUT2D eigenvalue weighted by atomic mass is 9.97. The summed E-state index contributed by atoms with van der Waals surface area (Å²) in [7, 11) is 1.61. The van der Waals surface area contributed by atoms with Gasteiger partial charge in [0.2, 0.25) is 5.91 Å². The number of rotatable bonds is 5. The van der Waals surface area contributed by atoms with Crippen molar-refractivity contribution in [1.29, 1.82) is 0 Å². The Kier molecular flexibility index (Phi) is 5.55. The SMILES string of the molecule is COc1ccc(C)cc1NC(=O)[C@H](C)Sc1ncnc2sc3c(c12)CCCC3. The van der Waals surface area contributed by atoms with Crippen molar-refractivity contribution in [1.82, 2.24) is 9.97 Å². The number of hydrogen-bond acceptors (Lipinski definition) is 6. The van der Waals surface area contributed by atoms with Gasteiger partial charge in [0.05, 0.1) is 18.0 Å². The lowest BCUT2D eigenvalue weighted by Gasteiger charge is -2.15. The smallest absolute Gasteiger partial charge is 0.237 e. The fourth-order valence-electron chi connectivity index (χ4n) is 3.53. The number of amides is 1. The summed E-state index contributed by atoms with van der Waals surface area (Å²) >= 11 is 3.28. The average molecular weight is 414 g/mol. The minimum Gasteiger partial charge on any atom is -0.495 e. The number of methoxy groups -OCH3 is 1. The second kappa shape index (κ2) is 8.09.